The van der Waals surface area contributed by atoms with Crippen molar-refractivity contribution in [2.45, 2.75) is 14.7 Å². The van der Waals surface area contributed by atoms with Crippen LogP contribution in [0.3, 0.4) is 0 Å². The van der Waals surface area contributed by atoms with Crippen molar-refractivity contribution in [3.8, 4) is 0 Å². The molecule has 0 aliphatic rings. The van der Waals surface area contributed by atoms with E-state index in [1.54, 1.807) is 0 Å². The van der Waals surface area contributed by atoms with E-state index in [0.717, 1.165) is 12.1 Å². The van der Waals surface area contributed by atoms with Crippen LogP contribution >= 0.6 is 12.6 Å². The molecule has 0 aliphatic heterocycles. The zero-order valence-electron chi connectivity index (χ0n) is 9.18. The van der Waals surface area contributed by atoms with Crippen molar-refractivity contribution in [2.24, 2.45) is 0 Å². The van der Waals surface area contributed by atoms with E-state index in [0.29, 0.717) is 4.90 Å². The molecule has 2 aromatic rings. The first kappa shape index (κ1) is 14.3. The van der Waals surface area contributed by atoms with Gasteiger partial charge in [-0.15, -0.1) is 12.6 Å². The van der Waals surface area contributed by atoms with Gasteiger partial charge in [-0.25, -0.2) is 0 Å². The SMILES string of the molecule is O=S(=O)(O)c1ccc(S(=O)(=O)O)c2cc(S)ccc12. The molecule has 0 saturated carbocycles. The van der Waals surface area contributed by atoms with Crippen LogP contribution in [0.15, 0.2) is 45.0 Å². The summed E-state index contributed by atoms with van der Waals surface area (Å²) in [7, 11) is -9.02. The van der Waals surface area contributed by atoms with Crippen molar-refractivity contribution in [1.82, 2.24) is 0 Å². The topological polar surface area (TPSA) is 109 Å². The maximum absolute atomic E-state index is 11.2. The van der Waals surface area contributed by atoms with Crippen LogP contribution < -0.4 is 0 Å². The molecule has 0 bridgehead atoms. The second-order valence-corrected chi connectivity index (χ2v) is 7.04. The van der Waals surface area contributed by atoms with Gasteiger partial charge in [0.15, 0.2) is 0 Å². The van der Waals surface area contributed by atoms with E-state index in [4.69, 9.17) is 9.11 Å². The zero-order valence-corrected chi connectivity index (χ0v) is 11.7. The lowest BCUT2D eigenvalue weighted by molar-refractivity contribution is 0.480. The normalized spacial score (nSPS) is 12.8. The summed E-state index contributed by atoms with van der Waals surface area (Å²) in [5.74, 6) is 0. The first-order valence-corrected chi connectivity index (χ1v) is 8.14. The summed E-state index contributed by atoms with van der Waals surface area (Å²) >= 11 is 4.02. The second-order valence-electron chi connectivity index (χ2n) is 3.74. The molecule has 0 unspecified atom stereocenters. The average Bonchev–Trinajstić information content (AvgIpc) is 2.24. The molecule has 6 nitrogen and oxygen atoms in total. The fourth-order valence-electron chi connectivity index (χ4n) is 1.73. The third kappa shape index (κ3) is 2.74. The van der Waals surface area contributed by atoms with Gasteiger partial charge in [0.25, 0.3) is 20.2 Å². The van der Waals surface area contributed by atoms with Gasteiger partial charge < -0.3 is 0 Å². The highest BCUT2D eigenvalue weighted by atomic mass is 32.2. The average molecular weight is 320 g/mol. The van der Waals surface area contributed by atoms with Crippen LogP contribution in [0.4, 0.5) is 0 Å². The minimum absolute atomic E-state index is 0.0181. The maximum atomic E-state index is 11.2. The summed E-state index contributed by atoms with van der Waals surface area (Å²) < 4.78 is 63.1. The molecule has 102 valence electrons. The Labute approximate surface area is 115 Å². The molecule has 0 spiro atoms. The molecular weight excluding hydrogens is 312 g/mol. The van der Waals surface area contributed by atoms with Crippen molar-refractivity contribution in [1.29, 1.82) is 0 Å². The zero-order chi connectivity index (χ0) is 14.4. The molecule has 0 radical (unpaired) electrons. The van der Waals surface area contributed by atoms with E-state index in [2.05, 4.69) is 12.6 Å². The largest absolute Gasteiger partial charge is 0.295 e. The van der Waals surface area contributed by atoms with E-state index in [1.807, 2.05) is 0 Å². The Morgan fingerprint density at radius 2 is 1.26 bits per heavy atom. The highest BCUT2D eigenvalue weighted by Gasteiger charge is 2.20. The van der Waals surface area contributed by atoms with Gasteiger partial charge >= 0.3 is 0 Å². The number of rotatable bonds is 2. The standard InChI is InChI=1S/C10H8O6S3/c11-18(12,13)9-3-4-10(19(14,15)16)8-5-6(17)1-2-7(8)9/h1-5,17H,(H,11,12,13)(H,14,15,16). The van der Waals surface area contributed by atoms with E-state index >= 15 is 0 Å². The van der Waals surface area contributed by atoms with Gasteiger partial charge in [-0.3, -0.25) is 9.11 Å². The Kier molecular flexibility index (Phi) is 3.35. The Morgan fingerprint density at radius 1 is 0.789 bits per heavy atom. The van der Waals surface area contributed by atoms with E-state index in [-0.39, 0.29) is 10.8 Å². The van der Waals surface area contributed by atoms with Gasteiger partial charge in [0.2, 0.25) is 0 Å². The first-order chi connectivity index (χ1) is 8.60. The molecule has 0 heterocycles. The van der Waals surface area contributed by atoms with Crippen molar-refractivity contribution in [3.05, 3.63) is 30.3 Å². The van der Waals surface area contributed by atoms with Gasteiger partial charge in [0.05, 0.1) is 0 Å². The summed E-state index contributed by atoms with van der Waals surface area (Å²) in [4.78, 5) is -0.515. The molecule has 19 heavy (non-hydrogen) atoms. The van der Waals surface area contributed by atoms with E-state index < -0.39 is 30.0 Å². The Bertz CT molecular complexity index is 868. The van der Waals surface area contributed by atoms with Crippen LogP contribution in [0.1, 0.15) is 0 Å². The van der Waals surface area contributed by atoms with E-state index in [9.17, 15) is 16.8 Å². The minimum atomic E-state index is -4.52. The predicted molar refractivity (Wildman–Crippen MR) is 70.8 cm³/mol. The molecule has 0 fully saturated rings. The number of thiol groups is 1. The first-order valence-electron chi connectivity index (χ1n) is 4.81. The van der Waals surface area contributed by atoms with Crippen molar-refractivity contribution in [3.63, 3.8) is 0 Å². The molecule has 2 aromatic carbocycles. The molecule has 0 atom stereocenters. The lowest BCUT2D eigenvalue weighted by Crippen LogP contribution is -2.04. The Morgan fingerprint density at radius 3 is 1.74 bits per heavy atom. The number of fused-ring (bicyclic) bond motifs is 1. The third-order valence-corrected chi connectivity index (χ3v) is 4.58. The summed E-state index contributed by atoms with van der Waals surface area (Å²) in [5, 5.41) is -0.0550. The highest BCUT2D eigenvalue weighted by Crippen LogP contribution is 2.30. The summed E-state index contributed by atoms with van der Waals surface area (Å²) in [6.07, 6.45) is 0. The van der Waals surface area contributed by atoms with Gasteiger partial charge in [-0.1, -0.05) is 6.07 Å². The van der Waals surface area contributed by atoms with Crippen LogP contribution in [-0.2, 0) is 20.2 Å². The predicted octanol–water partition coefficient (Wildman–Crippen LogP) is 1.62. The third-order valence-electron chi connectivity index (χ3n) is 2.48. The Balaban J connectivity index is 3.05. The van der Waals surface area contributed by atoms with Crippen LogP contribution in [0, 0.1) is 0 Å². The molecule has 2 N–H and O–H groups in total. The monoisotopic (exact) mass is 320 g/mol. The summed E-state index contributed by atoms with van der Waals surface area (Å²) in [6, 6.07) is 5.85. The van der Waals surface area contributed by atoms with Gasteiger partial charge in [-0.05, 0) is 24.3 Å². The lowest BCUT2D eigenvalue weighted by Gasteiger charge is -2.08. The second kappa shape index (κ2) is 4.46. The summed E-state index contributed by atoms with van der Waals surface area (Å²) in [6.45, 7) is 0. The van der Waals surface area contributed by atoms with Gasteiger partial charge in [0.1, 0.15) is 9.79 Å². The molecule has 0 aromatic heterocycles. The number of hydrogen-bond acceptors (Lipinski definition) is 5. The van der Waals surface area contributed by atoms with Gasteiger partial charge in [-0.2, -0.15) is 16.8 Å². The molecule has 0 aliphatic carbocycles. The highest BCUT2D eigenvalue weighted by molar-refractivity contribution is 7.86. The smallest absolute Gasteiger partial charge is 0.282 e. The molecule has 2 rings (SSSR count). The maximum Gasteiger partial charge on any atom is 0.295 e. The number of hydrogen-bond donors (Lipinski definition) is 3. The summed E-state index contributed by atoms with van der Waals surface area (Å²) in [5.41, 5.74) is 0. The van der Waals surface area contributed by atoms with Crippen LogP contribution in [0.25, 0.3) is 10.8 Å². The fraction of sp³-hybridized carbons (Fsp3) is 0. The van der Waals surface area contributed by atoms with Gasteiger partial charge in [0, 0.05) is 15.7 Å². The van der Waals surface area contributed by atoms with Crippen molar-refractivity contribution < 1.29 is 25.9 Å². The van der Waals surface area contributed by atoms with Crippen LogP contribution in [0.5, 0.6) is 0 Å². The molecule has 9 heteroatoms. The lowest BCUT2D eigenvalue weighted by atomic mass is 10.1. The molecular formula is C10H8O6S3. The fourth-order valence-corrected chi connectivity index (χ4v) is 3.32. The van der Waals surface area contributed by atoms with Crippen molar-refractivity contribution >= 4 is 43.6 Å². The van der Waals surface area contributed by atoms with Crippen LogP contribution in [0.2, 0.25) is 0 Å². The Hall–Kier alpha value is -1.13. The number of benzene rings is 2. The van der Waals surface area contributed by atoms with E-state index in [1.165, 1.54) is 18.2 Å². The molecule has 0 amide bonds. The quantitative estimate of drug-likeness (QED) is 0.573. The van der Waals surface area contributed by atoms with Crippen LogP contribution in [-0.4, -0.2) is 25.9 Å². The molecule has 0 saturated heterocycles. The van der Waals surface area contributed by atoms with Crippen molar-refractivity contribution in [2.75, 3.05) is 0 Å². The minimum Gasteiger partial charge on any atom is -0.282 e.